The summed E-state index contributed by atoms with van der Waals surface area (Å²) in [7, 11) is 0. The van der Waals surface area contributed by atoms with Gasteiger partial charge in [0.15, 0.2) is 30.5 Å². The number of halogens is 3. The SMILES string of the molecule is CCOC(=O)COc1ccc(C(=O)CNC(=O)c2cc3c(s2)CCNC3)cc1OCC(=O)OCC.O=C(O)C(F)(F)F. The summed E-state index contributed by atoms with van der Waals surface area (Å²) in [6.07, 6.45) is -4.20. The number of carbonyl (C=O) groups is 5. The number of Topliss-reactive ketones (excluding diaryl/α,β-unsaturated/α-hetero) is 1. The third kappa shape index (κ3) is 11.0. The van der Waals surface area contributed by atoms with Gasteiger partial charge in [-0.25, -0.2) is 14.4 Å². The van der Waals surface area contributed by atoms with Crippen LogP contribution in [0.5, 0.6) is 11.5 Å². The van der Waals surface area contributed by atoms with Crippen molar-refractivity contribution in [3.63, 3.8) is 0 Å². The molecule has 1 aromatic carbocycles. The first-order chi connectivity index (χ1) is 19.8. The number of thiophene rings is 1. The monoisotopic (exact) mass is 618 g/mol. The fourth-order valence-corrected chi connectivity index (χ4v) is 4.40. The fourth-order valence-electron chi connectivity index (χ4n) is 3.31. The fraction of sp³-hybridized carbons (Fsp3) is 0.423. The van der Waals surface area contributed by atoms with Crippen LogP contribution in [-0.4, -0.2) is 80.4 Å². The van der Waals surface area contributed by atoms with Crippen LogP contribution in [0.3, 0.4) is 0 Å². The molecule has 0 bridgehead atoms. The normalized spacial score (nSPS) is 12.1. The lowest BCUT2D eigenvalue weighted by Gasteiger charge is -2.13. The lowest BCUT2D eigenvalue weighted by Crippen LogP contribution is -2.29. The molecule has 1 aliphatic rings. The molecule has 2 heterocycles. The zero-order valence-electron chi connectivity index (χ0n) is 22.6. The summed E-state index contributed by atoms with van der Waals surface area (Å²) in [5, 5.41) is 13.0. The molecule has 12 nitrogen and oxygen atoms in total. The molecule has 0 saturated heterocycles. The van der Waals surface area contributed by atoms with Gasteiger partial charge in [0.2, 0.25) is 0 Å². The Hall–Kier alpha value is -4.18. The molecule has 0 atom stereocenters. The zero-order chi connectivity index (χ0) is 31.3. The van der Waals surface area contributed by atoms with Gasteiger partial charge in [-0.15, -0.1) is 11.3 Å². The van der Waals surface area contributed by atoms with Gasteiger partial charge in [-0.05, 0) is 50.1 Å². The maximum atomic E-state index is 12.7. The smallest absolute Gasteiger partial charge is 0.478 e. The Labute approximate surface area is 242 Å². The minimum absolute atomic E-state index is 0.0814. The van der Waals surface area contributed by atoms with E-state index < -0.39 is 30.7 Å². The van der Waals surface area contributed by atoms with Gasteiger partial charge < -0.3 is 34.7 Å². The van der Waals surface area contributed by atoms with Crippen LogP contribution < -0.4 is 20.1 Å². The number of hydrogen-bond acceptors (Lipinski definition) is 11. The van der Waals surface area contributed by atoms with Crippen LogP contribution in [0.15, 0.2) is 24.3 Å². The molecule has 3 N–H and O–H groups in total. The van der Waals surface area contributed by atoms with Gasteiger partial charge in [-0.1, -0.05) is 0 Å². The quantitative estimate of drug-likeness (QED) is 0.236. The number of ether oxygens (including phenoxy) is 4. The van der Waals surface area contributed by atoms with Crippen LogP contribution in [0.2, 0.25) is 0 Å². The number of carboxylic acids is 1. The first kappa shape index (κ1) is 34.0. The molecular formula is C26H29F3N2O10S. The van der Waals surface area contributed by atoms with Crippen LogP contribution in [-0.2, 0) is 36.8 Å². The lowest BCUT2D eigenvalue weighted by molar-refractivity contribution is -0.192. The molecule has 0 unspecified atom stereocenters. The summed E-state index contributed by atoms with van der Waals surface area (Å²) in [6, 6.07) is 6.18. The maximum Gasteiger partial charge on any atom is 0.490 e. The van der Waals surface area contributed by atoms with E-state index >= 15 is 0 Å². The molecule has 2 aromatic rings. The summed E-state index contributed by atoms with van der Waals surface area (Å²) in [4.78, 5) is 59.3. The minimum Gasteiger partial charge on any atom is -0.478 e. The molecule has 1 aromatic heterocycles. The Bertz CT molecular complexity index is 1260. The van der Waals surface area contributed by atoms with Crippen LogP contribution in [0, 0.1) is 0 Å². The molecule has 42 heavy (non-hydrogen) atoms. The molecule has 1 aliphatic heterocycles. The topological polar surface area (TPSA) is 167 Å². The predicted octanol–water partition coefficient (Wildman–Crippen LogP) is 2.52. The van der Waals surface area contributed by atoms with Gasteiger partial charge in [0.25, 0.3) is 5.91 Å². The average molecular weight is 619 g/mol. The standard InChI is InChI=1S/C24H28N2O8S.C2HF3O2/c1-3-31-22(28)13-33-18-6-5-15(9-19(18)34-14-23(29)32-4-2)17(27)12-26-24(30)21-10-16-11-25-8-7-20(16)35-21;3-2(4,5)1(6)7/h5-6,9-10,25H,3-4,7-8,11-14H2,1-2H3,(H,26,30);(H,6,7). The highest BCUT2D eigenvalue weighted by Gasteiger charge is 2.38. The number of carbonyl (C=O) groups excluding carboxylic acids is 4. The van der Waals surface area contributed by atoms with Crippen molar-refractivity contribution in [3.05, 3.63) is 45.1 Å². The predicted molar refractivity (Wildman–Crippen MR) is 141 cm³/mol. The molecular weight excluding hydrogens is 589 g/mol. The number of fused-ring (bicyclic) bond motifs is 1. The molecule has 230 valence electrons. The summed E-state index contributed by atoms with van der Waals surface area (Å²) in [6.45, 7) is 4.36. The van der Waals surface area contributed by atoms with Crippen molar-refractivity contribution < 1.29 is 61.2 Å². The Morgan fingerprint density at radius 1 is 0.976 bits per heavy atom. The molecule has 0 fully saturated rings. The number of alkyl halides is 3. The molecule has 0 saturated carbocycles. The zero-order valence-corrected chi connectivity index (χ0v) is 23.4. The summed E-state index contributed by atoms with van der Waals surface area (Å²) >= 11 is 1.44. The van der Waals surface area contributed by atoms with E-state index in [1.54, 1.807) is 13.8 Å². The Balaban J connectivity index is 0.000000782. The number of benzene rings is 1. The van der Waals surface area contributed by atoms with Crippen molar-refractivity contribution >= 4 is 40.9 Å². The third-order valence-electron chi connectivity index (χ3n) is 5.18. The first-order valence-corrected chi connectivity index (χ1v) is 13.3. The molecule has 3 rings (SSSR count). The van der Waals surface area contributed by atoms with Gasteiger partial charge in [0.05, 0.1) is 24.6 Å². The highest BCUT2D eigenvalue weighted by molar-refractivity contribution is 7.14. The first-order valence-electron chi connectivity index (χ1n) is 12.5. The number of hydrogen-bond donors (Lipinski definition) is 3. The van der Waals surface area contributed by atoms with Gasteiger partial charge >= 0.3 is 24.1 Å². The van der Waals surface area contributed by atoms with Crippen LogP contribution >= 0.6 is 11.3 Å². The number of amides is 1. The maximum absolute atomic E-state index is 12.7. The molecule has 1 amide bonds. The summed E-state index contributed by atoms with van der Waals surface area (Å²) in [5.74, 6) is -4.37. The van der Waals surface area contributed by atoms with Gasteiger partial charge in [0.1, 0.15) is 0 Å². The van der Waals surface area contributed by atoms with E-state index in [0.717, 1.165) is 25.1 Å². The Kier molecular flexibility index (Phi) is 13.2. The largest absolute Gasteiger partial charge is 0.490 e. The average Bonchev–Trinajstić information content (AvgIpc) is 3.38. The van der Waals surface area contributed by atoms with Crippen molar-refractivity contribution in [1.29, 1.82) is 0 Å². The molecule has 16 heteroatoms. The van der Waals surface area contributed by atoms with Gasteiger partial charge in [-0.2, -0.15) is 13.2 Å². The van der Waals surface area contributed by atoms with Crippen LogP contribution in [0.1, 0.15) is 44.3 Å². The van der Waals surface area contributed by atoms with E-state index in [9.17, 15) is 32.3 Å². The van der Waals surface area contributed by atoms with Crippen molar-refractivity contribution in [1.82, 2.24) is 10.6 Å². The number of ketones is 1. The highest BCUT2D eigenvalue weighted by Crippen LogP contribution is 2.29. The second kappa shape index (κ2) is 16.3. The van der Waals surface area contributed by atoms with E-state index in [-0.39, 0.29) is 55.1 Å². The van der Waals surface area contributed by atoms with Crippen molar-refractivity contribution in [2.24, 2.45) is 0 Å². The number of rotatable bonds is 12. The second-order valence-electron chi connectivity index (χ2n) is 8.24. The lowest BCUT2D eigenvalue weighted by atomic mass is 10.1. The Morgan fingerprint density at radius 3 is 2.12 bits per heavy atom. The van der Waals surface area contributed by atoms with E-state index in [1.807, 2.05) is 6.07 Å². The van der Waals surface area contributed by atoms with Crippen molar-refractivity contribution in [2.45, 2.75) is 33.0 Å². The number of esters is 2. The van der Waals surface area contributed by atoms with E-state index in [0.29, 0.717) is 4.88 Å². The number of nitrogens with one attached hydrogen (secondary N) is 2. The minimum atomic E-state index is -5.08. The highest BCUT2D eigenvalue weighted by atomic mass is 32.1. The third-order valence-corrected chi connectivity index (χ3v) is 6.42. The van der Waals surface area contributed by atoms with E-state index in [2.05, 4.69) is 10.6 Å². The molecule has 0 spiro atoms. The van der Waals surface area contributed by atoms with Crippen molar-refractivity contribution in [3.8, 4) is 11.5 Å². The summed E-state index contributed by atoms with van der Waals surface area (Å²) in [5.41, 5.74) is 1.35. The Morgan fingerprint density at radius 2 is 1.57 bits per heavy atom. The number of aliphatic carboxylic acids is 1. The molecule has 0 aliphatic carbocycles. The number of carboxylic acid groups (broad SMARTS) is 1. The van der Waals surface area contributed by atoms with Crippen molar-refractivity contribution in [2.75, 3.05) is 39.5 Å². The molecule has 0 radical (unpaired) electrons. The summed E-state index contributed by atoms with van der Waals surface area (Å²) < 4.78 is 52.3. The van der Waals surface area contributed by atoms with Crippen LogP contribution in [0.25, 0.3) is 0 Å². The van der Waals surface area contributed by atoms with Crippen LogP contribution in [0.4, 0.5) is 13.2 Å². The van der Waals surface area contributed by atoms with Gasteiger partial charge in [0, 0.05) is 23.5 Å². The van der Waals surface area contributed by atoms with Gasteiger partial charge in [-0.3, -0.25) is 9.59 Å². The van der Waals surface area contributed by atoms with E-state index in [1.165, 1.54) is 34.4 Å². The second-order valence-corrected chi connectivity index (χ2v) is 9.38. The van der Waals surface area contributed by atoms with E-state index in [4.69, 9.17) is 28.8 Å².